The van der Waals surface area contributed by atoms with Gasteiger partial charge in [-0.3, -0.25) is 9.69 Å². The van der Waals surface area contributed by atoms with Crippen molar-refractivity contribution in [2.45, 2.75) is 6.54 Å². The first-order valence-corrected chi connectivity index (χ1v) is 6.95. The van der Waals surface area contributed by atoms with Gasteiger partial charge in [0.05, 0.1) is 0 Å². The van der Waals surface area contributed by atoms with Crippen molar-refractivity contribution in [3.63, 3.8) is 0 Å². The number of amides is 1. The van der Waals surface area contributed by atoms with E-state index in [2.05, 4.69) is 20.8 Å². The SMILES string of the molecule is O=C(CO)N1CCN(Cc2c(F)cccc2Br)CC1. The molecule has 6 heteroatoms. The van der Waals surface area contributed by atoms with Gasteiger partial charge >= 0.3 is 0 Å². The second kappa shape index (κ2) is 6.45. The molecule has 4 nitrogen and oxygen atoms in total. The number of rotatable bonds is 3. The number of hydrogen-bond acceptors (Lipinski definition) is 3. The Hall–Kier alpha value is -0.980. The molecule has 0 bridgehead atoms. The van der Waals surface area contributed by atoms with E-state index in [0.717, 1.165) is 4.47 Å². The van der Waals surface area contributed by atoms with E-state index in [1.54, 1.807) is 11.0 Å². The highest BCUT2D eigenvalue weighted by Crippen LogP contribution is 2.21. The Morgan fingerprint density at radius 3 is 2.58 bits per heavy atom. The van der Waals surface area contributed by atoms with E-state index in [0.29, 0.717) is 38.3 Å². The quantitative estimate of drug-likeness (QED) is 0.906. The minimum absolute atomic E-state index is 0.219. The number of hydrogen-bond donors (Lipinski definition) is 1. The second-order valence-electron chi connectivity index (χ2n) is 4.52. The van der Waals surface area contributed by atoms with Crippen molar-refractivity contribution in [1.82, 2.24) is 9.80 Å². The molecule has 0 saturated carbocycles. The van der Waals surface area contributed by atoms with Crippen molar-refractivity contribution in [2.24, 2.45) is 0 Å². The van der Waals surface area contributed by atoms with E-state index in [-0.39, 0.29) is 11.7 Å². The largest absolute Gasteiger partial charge is 0.387 e. The van der Waals surface area contributed by atoms with Gasteiger partial charge in [0, 0.05) is 42.8 Å². The summed E-state index contributed by atoms with van der Waals surface area (Å²) < 4.78 is 14.5. The summed E-state index contributed by atoms with van der Waals surface area (Å²) in [5.74, 6) is -0.463. The summed E-state index contributed by atoms with van der Waals surface area (Å²) in [5.41, 5.74) is 0.643. The lowest BCUT2D eigenvalue weighted by Crippen LogP contribution is -2.49. The van der Waals surface area contributed by atoms with E-state index < -0.39 is 6.61 Å². The third-order valence-corrected chi connectivity index (χ3v) is 4.05. The second-order valence-corrected chi connectivity index (χ2v) is 5.37. The molecule has 0 spiro atoms. The summed E-state index contributed by atoms with van der Waals surface area (Å²) in [4.78, 5) is 15.1. The first-order valence-electron chi connectivity index (χ1n) is 6.15. The molecule has 0 unspecified atom stereocenters. The van der Waals surface area contributed by atoms with Crippen LogP contribution in [0.3, 0.4) is 0 Å². The molecule has 1 fully saturated rings. The van der Waals surface area contributed by atoms with Crippen molar-refractivity contribution < 1.29 is 14.3 Å². The van der Waals surface area contributed by atoms with Crippen LogP contribution in [-0.2, 0) is 11.3 Å². The highest BCUT2D eigenvalue weighted by Gasteiger charge is 2.21. The molecule has 1 saturated heterocycles. The summed E-state index contributed by atoms with van der Waals surface area (Å²) >= 11 is 3.36. The Balaban J connectivity index is 1.94. The molecule has 19 heavy (non-hydrogen) atoms. The number of benzene rings is 1. The monoisotopic (exact) mass is 330 g/mol. The van der Waals surface area contributed by atoms with Gasteiger partial charge in [0.15, 0.2) is 0 Å². The van der Waals surface area contributed by atoms with Crippen LogP contribution in [0.2, 0.25) is 0 Å². The average molecular weight is 331 g/mol. The molecule has 1 N–H and O–H groups in total. The van der Waals surface area contributed by atoms with E-state index in [1.807, 2.05) is 6.07 Å². The lowest BCUT2D eigenvalue weighted by atomic mass is 10.2. The number of carbonyl (C=O) groups excluding carboxylic acids is 1. The fourth-order valence-corrected chi connectivity index (χ4v) is 2.63. The number of aliphatic hydroxyl groups is 1. The number of aliphatic hydroxyl groups excluding tert-OH is 1. The van der Waals surface area contributed by atoms with Gasteiger partial charge in [0.2, 0.25) is 5.91 Å². The van der Waals surface area contributed by atoms with E-state index in [9.17, 15) is 9.18 Å². The lowest BCUT2D eigenvalue weighted by molar-refractivity contribution is -0.136. The molecule has 1 aliphatic heterocycles. The van der Waals surface area contributed by atoms with Gasteiger partial charge < -0.3 is 10.0 Å². The zero-order valence-corrected chi connectivity index (χ0v) is 12.1. The molecule has 1 amide bonds. The topological polar surface area (TPSA) is 43.8 Å². The van der Waals surface area contributed by atoms with Crippen LogP contribution in [0, 0.1) is 5.82 Å². The van der Waals surface area contributed by atoms with Crippen LogP contribution in [-0.4, -0.2) is 53.6 Å². The molecular weight excluding hydrogens is 315 g/mol. The highest BCUT2D eigenvalue weighted by molar-refractivity contribution is 9.10. The molecular formula is C13H16BrFN2O2. The Labute approximate surface area is 119 Å². The fraction of sp³-hybridized carbons (Fsp3) is 0.462. The zero-order chi connectivity index (χ0) is 13.8. The molecule has 1 aliphatic rings. The van der Waals surface area contributed by atoms with Crippen molar-refractivity contribution >= 4 is 21.8 Å². The maximum Gasteiger partial charge on any atom is 0.248 e. The van der Waals surface area contributed by atoms with Gasteiger partial charge in [0.1, 0.15) is 12.4 Å². The summed E-state index contributed by atoms with van der Waals surface area (Å²) in [6, 6.07) is 4.94. The van der Waals surface area contributed by atoms with Crippen molar-refractivity contribution in [3.8, 4) is 0 Å². The predicted molar refractivity (Wildman–Crippen MR) is 73.0 cm³/mol. The van der Waals surface area contributed by atoms with Gasteiger partial charge in [-0.2, -0.15) is 0 Å². The predicted octanol–water partition coefficient (Wildman–Crippen LogP) is 1.22. The van der Waals surface area contributed by atoms with Crippen LogP contribution in [0.15, 0.2) is 22.7 Å². The van der Waals surface area contributed by atoms with Crippen LogP contribution >= 0.6 is 15.9 Å². The van der Waals surface area contributed by atoms with Crippen LogP contribution in [0.25, 0.3) is 0 Å². The van der Waals surface area contributed by atoms with Crippen LogP contribution in [0.5, 0.6) is 0 Å². The van der Waals surface area contributed by atoms with Gasteiger partial charge in [0.25, 0.3) is 0 Å². The van der Waals surface area contributed by atoms with Crippen LogP contribution in [0.1, 0.15) is 5.56 Å². The smallest absolute Gasteiger partial charge is 0.248 e. The molecule has 2 rings (SSSR count). The van der Waals surface area contributed by atoms with Gasteiger partial charge in [-0.25, -0.2) is 4.39 Å². The Morgan fingerprint density at radius 2 is 2.00 bits per heavy atom. The standard InChI is InChI=1S/C13H16BrFN2O2/c14-11-2-1-3-12(15)10(11)8-16-4-6-17(7-5-16)13(19)9-18/h1-3,18H,4-9H2. The third-order valence-electron chi connectivity index (χ3n) is 3.30. The molecule has 1 aromatic rings. The summed E-state index contributed by atoms with van der Waals surface area (Å²) in [5, 5.41) is 8.80. The molecule has 0 radical (unpaired) electrons. The normalized spacial score (nSPS) is 16.7. The summed E-state index contributed by atoms with van der Waals surface area (Å²) in [6.07, 6.45) is 0. The minimum atomic E-state index is -0.446. The fourth-order valence-electron chi connectivity index (χ4n) is 2.16. The maximum absolute atomic E-state index is 13.7. The minimum Gasteiger partial charge on any atom is -0.387 e. The lowest BCUT2D eigenvalue weighted by Gasteiger charge is -2.34. The van der Waals surface area contributed by atoms with E-state index in [4.69, 9.17) is 5.11 Å². The molecule has 0 aromatic heterocycles. The van der Waals surface area contributed by atoms with E-state index in [1.165, 1.54) is 6.07 Å². The molecule has 1 heterocycles. The van der Waals surface area contributed by atoms with Crippen molar-refractivity contribution in [1.29, 1.82) is 0 Å². The number of piperazine rings is 1. The first kappa shape index (κ1) is 14.4. The first-order chi connectivity index (χ1) is 9.11. The number of nitrogens with zero attached hydrogens (tertiary/aromatic N) is 2. The third kappa shape index (κ3) is 3.52. The molecule has 104 valence electrons. The Kier molecular flexibility index (Phi) is 4.90. The number of halogens is 2. The maximum atomic E-state index is 13.7. The van der Waals surface area contributed by atoms with Gasteiger partial charge in [-0.1, -0.05) is 22.0 Å². The molecule has 1 aromatic carbocycles. The van der Waals surface area contributed by atoms with Crippen molar-refractivity contribution in [2.75, 3.05) is 32.8 Å². The summed E-state index contributed by atoms with van der Waals surface area (Å²) in [6.45, 7) is 2.60. The van der Waals surface area contributed by atoms with Crippen molar-refractivity contribution in [3.05, 3.63) is 34.1 Å². The zero-order valence-electron chi connectivity index (χ0n) is 10.5. The Morgan fingerprint density at radius 1 is 1.32 bits per heavy atom. The molecule has 0 atom stereocenters. The highest BCUT2D eigenvalue weighted by atomic mass is 79.9. The van der Waals surface area contributed by atoms with Crippen LogP contribution < -0.4 is 0 Å². The number of carbonyl (C=O) groups is 1. The van der Waals surface area contributed by atoms with Crippen LogP contribution in [0.4, 0.5) is 4.39 Å². The van der Waals surface area contributed by atoms with Gasteiger partial charge in [-0.05, 0) is 12.1 Å². The van der Waals surface area contributed by atoms with Gasteiger partial charge in [-0.15, -0.1) is 0 Å². The average Bonchev–Trinajstić information content (AvgIpc) is 2.43. The van der Waals surface area contributed by atoms with E-state index >= 15 is 0 Å². The molecule has 0 aliphatic carbocycles. The summed E-state index contributed by atoms with van der Waals surface area (Å²) in [7, 11) is 0. The Bertz CT molecular complexity index is 442.